The van der Waals surface area contributed by atoms with Crippen molar-refractivity contribution in [2.45, 2.75) is 6.04 Å². The van der Waals surface area contributed by atoms with E-state index in [-0.39, 0.29) is 6.04 Å². The molecule has 0 heterocycles. The smallest absolute Gasteiger partial charge is 0.113 e. The molecule has 0 spiro atoms. The summed E-state index contributed by atoms with van der Waals surface area (Å²) in [4.78, 5) is 0. The lowest BCUT2D eigenvalue weighted by molar-refractivity contribution is -0.630. The minimum Gasteiger partial charge on any atom is -0.469 e. The van der Waals surface area contributed by atoms with Gasteiger partial charge in [-0.15, -0.1) is 0 Å². The fraction of sp³-hybridized carbons (Fsp3) is 0.0714. The molecule has 0 aliphatic carbocycles. The van der Waals surface area contributed by atoms with E-state index >= 15 is 0 Å². The molecule has 82 valence electrons. The molecule has 2 rings (SSSR count). The first-order valence-corrected chi connectivity index (χ1v) is 5.62. The summed E-state index contributed by atoms with van der Waals surface area (Å²) in [5, 5.41) is 2.72. The van der Waals surface area contributed by atoms with Crippen LogP contribution in [0.4, 0.5) is 0 Å². The van der Waals surface area contributed by atoms with E-state index in [9.17, 15) is 0 Å². The molecule has 0 saturated carbocycles. The Morgan fingerprint density at radius 1 is 0.875 bits per heavy atom. The van der Waals surface area contributed by atoms with Crippen molar-refractivity contribution in [1.82, 2.24) is 0 Å². The van der Waals surface area contributed by atoms with Gasteiger partial charge in [0.15, 0.2) is 0 Å². The van der Waals surface area contributed by atoms with E-state index in [0.717, 1.165) is 5.02 Å². The molecule has 0 aromatic heterocycles. The molecule has 1 unspecified atom stereocenters. The molecule has 1 atom stereocenters. The number of quaternary nitrogens is 1. The lowest BCUT2D eigenvalue weighted by Crippen LogP contribution is -2.78. The van der Waals surface area contributed by atoms with Crippen LogP contribution in [0.2, 0.25) is 5.02 Å². The highest BCUT2D eigenvalue weighted by molar-refractivity contribution is 6.30. The first kappa shape index (κ1) is 11.2. The maximum Gasteiger partial charge on any atom is 0.113 e. The molecule has 2 N–H and O–H groups in total. The van der Waals surface area contributed by atoms with Crippen LogP contribution in [0.5, 0.6) is 0 Å². The van der Waals surface area contributed by atoms with Crippen LogP contribution >= 0.6 is 11.6 Å². The lowest BCUT2D eigenvalue weighted by Gasteiger charge is -2.17. The second kappa shape index (κ2) is 5.15. The SMILES string of the molecule is [CH2-][NH2+]C(c1ccccc1)c1ccc(Cl)cc1. The molecular weight excluding hydrogens is 218 g/mol. The monoisotopic (exact) mass is 231 g/mol. The number of rotatable bonds is 3. The highest BCUT2D eigenvalue weighted by Gasteiger charge is 2.12. The second-order valence-electron chi connectivity index (χ2n) is 3.68. The van der Waals surface area contributed by atoms with E-state index in [2.05, 4.69) is 19.2 Å². The first-order valence-electron chi connectivity index (χ1n) is 5.24. The van der Waals surface area contributed by atoms with Gasteiger partial charge < -0.3 is 5.32 Å². The number of hydrogen-bond acceptors (Lipinski definition) is 0. The molecular formula is C14H14ClN. The van der Waals surface area contributed by atoms with Crippen molar-refractivity contribution in [3.8, 4) is 0 Å². The fourth-order valence-corrected chi connectivity index (χ4v) is 1.92. The first-order chi connectivity index (χ1) is 7.81. The van der Waals surface area contributed by atoms with E-state index in [1.807, 2.05) is 47.8 Å². The maximum atomic E-state index is 5.88. The Morgan fingerprint density at radius 3 is 2.00 bits per heavy atom. The zero-order valence-corrected chi connectivity index (χ0v) is 9.69. The van der Waals surface area contributed by atoms with Crippen LogP contribution in [0, 0.1) is 7.05 Å². The quantitative estimate of drug-likeness (QED) is 0.783. The van der Waals surface area contributed by atoms with Gasteiger partial charge in [0, 0.05) is 16.1 Å². The topological polar surface area (TPSA) is 16.6 Å². The molecule has 2 aromatic rings. The van der Waals surface area contributed by atoms with E-state index in [0.29, 0.717) is 0 Å². The van der Waals surface area contributed by atoms with Crippen LogP contribution in [-0.4, -0.2) is 0 Å². The van der Waals surface area contributed by atoms with Gasteiger partial charge in [0.25, 0.3) is 0 Å². The minimum absolute atomic E-state index is 0.235. The predicted octanol–water partition coefficient (Wildman–Crippen LogP) is 2.78. The fourth-order valence-electron chi connectivity index (χ4n) is 1.80. The largest absolute Gasteiger partial charge is 0.469 e. The zero-order chi connectivity index (χ0) is 11.4. The van der Waals surface area contributed by atoms with Gasteiger partial charge >= 0.3 is 0 Å². The third-order valence-electron chi connectivity index (χ3n) is 2.62. The van der Waals surface area contributed by atoms with Gasteiger partial charge in [-0.25, -0.2) is 0 Å². The van der Waals surface area contributed by atoms with Gasteiger partial charge in [-0.3, -0.25) is 0 Å². The van der Waals surface area contributed by atoms with Gasteiger partial charge in [-0.2, -0.15) is 7.05 Å². The molecule has 0 amide bonds. The van der Waals surface area contributed by atoms with Crippen LogP contribution in [0.25, 0.3) is 0 Å². The minimum atomic E-state index is 0.235. The van der Waals surface area contributed by atoms with Crippen molar-refractivity contribution in [3.05, 3.63) is 77.8 Å². The zero-order valence-electron chi connectivity index (χ0n) is 8.94. The van der Waals surface area contributed by atoms with Crippen molar-refractivity contribution in [1.29, 1.82) is 0 Å². The standard InChI is InChI=1S/C14H14ClN/c1-16-14(11-5-3-2-4-6-11)12-7-9-13(15)10-8-12/h2-10,14H,1,16H2. The van der Waals surface area contributed by atoms with E-state index in [1.54, 1.807) is 0 Å². The molecule has 0 radical (unpaired) electrons. The molecule has 0 aliphatic rings. The summed E-state index contributed by atoms with van der Waals surface area (Å²) in [6.07, 6.45) is 0. The summed E-state index contributed by atoms with van der Waals surface area (Å²) in [7, 11) is 3.90. The van der Waals surface area contributed by atoms with Crippen molar-refractivity contribution >= 4 is 11.6 Å². The number of hydrogen-bond donors (Lipinski definition) is 1. The van der Waals surface area contributed by atoms with Gasteiger partial charge in [0.1, 0.15) is 6.04 Å². The summed E-state index contributed by atoms with van der Waals surface area (Å²) in [6, 6.07) is 18.5. The van der Waals surface area contributed by atoms with Crippen molar-refractivity contribution < 1.29 is 5.32 Å². The third kappa shape index (κ3) is 2.43. The van der Waals surface area contributed by atoms with Crippen LogP contribution < -0.4 is 5.32 Å². The number of nitrogens with two attached hydrogens (primary N) is 1. The van der Waals surface area contributed by atoms with Crippen LogP contribution in [0.1, 0.15) is 17.2 Å². The van der Waals surface area contributed by atoms with Crippen molar-refractivity contribution in [2.24, 2.45) is 0 Å². The molecule has 2 aromatic carbocycles. The summed E-state index contributed by atoms with van der Waals surface area (Å²) < 4.78 is 0. The Bertz CT molecular complexity index is 436. The van der Waals surface area contributed by atoms with Gasteiger partial charge in [-0.1, -0.05) is 54.1 Å². The average molecular weight is 232 g/mol. The van der Waals surface area contributed by atoms with Crippen LogP contribution in [0.3, 0.4) is 0 Å². The Labute approximate surface area is 101 Å². The Balaban J connectivity index is 2.33. The normalized spacial score (nSPS) is 12.4. The van der Waals surface area contributed by atoms with Gasteiger partial charge in [0.2, 0.25) is 0 Å². The summed E-state index contributed by atoms with van der Waals surface area (Å²) in [6.45, 7) is 0. The lowest BCUT2D eigenvalue weighted by atomic mass is 9.99. The molecule has 16 heavy (non-hydrogen) atoms. The van der Waals surface area contributed by atoms with Gasteiger partial charge in [-0.05, 0) is 12.1 Å². The molecule has 0 aliphatic heterocycles. The maximum absolute atomic E-state index is 5.88. The van der Waals surface area contributed by atoms with E-state index < -0.39 is 0 Å². The average Bonchev–Trinajstić information content (AvgIpc) is 2.34. The van der Waals surface area contributed by atoms with Crippen molar-refractivity contribution in [2.75, 3.05) is 0 Å². The van der Waals surface area contributed by atoms with E-state index in [1.165, 1.54) is 11.1 Å². The Morgan fingerprint density at radius 2 is 1.44 bits per heavy atom. The Hall–Kier alpha value is -1.31. The number of benzene rings is 2. The third-order valence-corrected chi connectivity index (χ3v) is 2.88. The van der Waals surface area contributed by atoms with Crippen molar-refractivity contribution in [3.63, 3.8) is 0 Å². The second-order valence-corrected chi connectivity index (χ2v) is 4.11. The molecule has 1 nitrogen and oxygen atoms in total. The summed E-state index contributed by atoms with van der Waals surface area (Å²) in [5.74, 6) is 0. The molecule has 0 bridgehead atoms. The van der Waals surface area contributed by atoms with E-state index in [4.69, 9.17) is 11.6 Å². The van der Waals surface area contributed by atoms with Crippen LogP contribution in [0.15, 0.2) is 54.6 Å². The molecule has 0 saturated heterocycles. The molecule has 0 fully saturated rings. The Kier molecular flexibility index (Phi) is 3.60. The highest BCUT2D eigenvalue weighted by atomic mass is 35.5. The summed E-state index contributed by atoms with van der Waals surface area (Å²) in [5.41, 5.74) is 2.46. The number of halogens is 1. The summed E-state index contributed by atoms with van der Waals surface area (Å²) >= 11 is 5.88. The molecule has 2 heteroatoms. The van der Waals surface area contributed by atoms with Crippen LogP contribution in [-0.2, 0) is 0 Å². The van der Waals surface area contributed by atoms with Gasteiger partial charge in [0.05, 0.1) is 0 Å². The predicted molar refractivity (Wildman–Crippen MR) is 67.0 cm³/mol. The highest BCUT2D eigenvalue weighted by Crippen LogP contribution is 2.19.